The third-order valence-electron chi connectivity index (χ3n) is 3.88. The van der Waals surface area contributed by atoms with E-state index in [9.17, 15) is 0 Å². The second kappa shape index (κ2) is 6.31. The summed E-state index contributed by atoms with van der Waals surface area (Å²) in [6.07, 6.45) is 0.803. The average Bonchev–Trinajstić information content (AvgIpc) is 2.86. The predicted octanol–water partition coefficient (Wildman–Crippen LogP) is 4.62. The summed E-state index contributed by atoms with van der Waals surface area (Å²) in [7, 11) is 0. The lowest BCUT2D eigenvalue weighted by Gasteiger charge is -2.15. The molecule has 1 aromatic heterocycles. The van der Waals surface area contributed by atoms with Crippen LogP contribution in [0.1, 0.15) is 24.2 Å². The number of alkyl halides is 1. The first-order valence-electron chi connectivity index (χ1n) is 7.34. The molecular weight excluding hydrogens is 280 g/mol. The molecule has 0 spiro atoms. The van der Waals surface area contributed by atoms with Gasteiger partial charge < -0.3 is 4.57 Å². The lowest BCUT2D eigenvalue weighted by atomic mass is 10.0. The zero-order chi connectivity index (χ0) is 14.7. The molecule has 0 bridgehead atoms. The fourth-order valence-corrected chi connectivity index (χ4v) is 2.93. The maximum Gasteiger partial charge on any atom is 0.111 e. The van der Waals surface area contributed by atoms with Gasteiger partial charge in [-0.3, -0.25) is 0 Å². The molecule has 0 N–H and O–H groups in total. The van der Waals surface area contributed by atoms with E-state index in [0.717, 1.165) is 24.3 Å². The molecule has 108 valence electrons. The van der Waals surface area contributed by atoms with Gasteiger partial charge in [0, 0.05) is 18.8 Å². The summed E-state index contributed by atoms with van der Waals surface area (Å²) < 4.78 is 2.31. The molecular formula is C18H19ClN2. The molecule has 3 aromatic rings. The Hall–Kier alpha value is -1.80. The molecule has 0 saturated carbocycles. The number of aromatic nitrogens is 2. The highest BCUT2D eigenvalue weighted by Gasteiger charge is 2.13. The van der Waals surface area contributed by atoms with Gasteiger partial charge in [-0.05, 0) is 23.6 Å². The summed E-state index contributed by atoms with van der Waals surface area (Å²) in [5, 5.41) is 0. The van der Waals surface area contributed by atoms with E-state index in [4.69, 9.17) is 16.6 Å². The van der Waals surface area contributed by atoms with Crippen LogP contribution in [0.25, 0.3) is 11.0 Å². The molecule has 0 amide bonds. The van der Waals surface area contributed by atoms with Gasteiger partial charge in [0.25, 0.3) is 0 Å². The van der Waals surface area contributed by atoms with E-state index in [1.807, 2.05) is 6.07 Å². The van der Waals surface area contributed by atoms with E-state index < -0.39 is 0 Å². The normalized spacial score (nSPS) is 12.7. The van der Waals surface area contributed by atoms with Gasteiger partial charge in [-0.25, -0.2) is 4.98 Å². The molecule has 21 heavy (non-hydrogen) atoms. The third kappa shape index (κ3) is 2.96. The Kier molecular flexibility index (Phi) is 4.26. The highest BCUT2D eigenvalue weighted by atomic mass is 35.5. The van der Waals surface area contributed by atoms with Crippen molar-refractivity contribution in [3.05, 3.63) is 66.0 Å². The number of imidazole rings is 1. The van der Waals surface area contributed by atoms with Crippen LogP contribution in [0, 0.1) is 0 Å². The van der Waals surface area contributed by atoms with Crippen LogP contribution in [-0.4, -0.2) is 15.4 Å². The van der Waals surface area contributed by atoms with Gasteiger partial charge in [-0.2, -0.15) is 0 Å². The van der Waals surface area contributed by atoms with E-state index in [1.54, 1.807) is 0 Å². The summed E-state index contributed by atoms with van der Waals surface area (Å²) >= 11 is 5.94. The number of nitrogens with zero attached hydrogens (tertiary/aromatic N) is 2. The van der Waals surface area contributed by atoms with E-state index in [-0.39, 0.29) is 0 Å². The molecule has 1 atom stereocenters. The number of fused-ring (bicyclic) bond motifs is 1. The van der Waals surface area contributed by atoms with E-state index >= 15 is 0 Å². The fourth-order valence-electron chi connectivity index (χ4n) is 2.77. The summed E-state index contributed by atoms with van der Waals surface area (Å²) in [5.41, 5.74) is 3.60. The molecule has 3 heteroatoms. The molecule has 0 radical (unpaired) electrons. The zero-order valence-electron chi connectivity index (χ0n) is 12.2. The molecule has 1 heterocycles. The molecule has 0 fully saturated rings. The predicted molar refractivity (Wildman–Crippen MR) is 89.0 cm³/mol. The summed E-state index contributed by atoms with van der Waals surface area (Å²) in [6.45, 7) is 3.19. The second-order valence-corrected chi connectivity index (χ2v) is 5.76. The molecule has 0 aliphatic rings. The molecule has 0 aliphatic carbocycles. The standard InChI is InChI=1S/C18H19ClN2/c1-14(15-7-3-2-4-8-15)13-21-17-10-6-5-9-16(17)20-18(21)11-12-19/h2-10,14H,11-13H2,1H3. The van der Waals surface area contributed by atoms with Gasteiger partial charge in [0.1, 0.15) is 5.82 Å². The molecule has 3 rings (SSSR count). The van der Waals surface area contributed by atoms with Crippen LogP contribution in [0.2, 0.25) is 0 Å². The number of aryl methyl sites for hydroxylation is 1. The highest BCUT2D eigenvalue weighted by Crippen LogP contribution is 2.23. The van der Waals surface area contributed by atoms with Crippen LogP contribution in [-0.2, 0) is 13.0 Å². The quantitative estimate of drug-likeness (QED) is 0.628. The van der Waals surface area contributed by atoms with Gasteiger partial charge in [-0.15, -0.1) is 11.6 Å². The van der Waals surface area contributed by atoms with Gasteiger partial charge in [-0.1, -0.05) is 49.4 Å². The Morgan fingerprint density at radius 1 is 1.05 bits per heavy atom. The molecule has 2 nitrogen and oxygen atoms in total. The highest BCUT2D eigenvalue weighted by molar-refractivity contribution is 6.17. The summed E-state index contributed by atoms with van der Waals surface area (Å²) in [4.78, 5) is 4.73. The number of para-hydroxylation sites is 2. The van der Waals surface area contributed by atoms with Crippen LogP contribution in [0.3, 0.4) is 0 Å². The van der Waals surface area contributed by atoms with Gasteiger partial charge in [0.05, 0.1) is 11.0 Å². The lowest BCUT2D eigenvalue weighted by molar-refractivity contribution is 0.588. The van der Waals surface area contributed by atoms with Gasteiger partial charge >= 0.3 is 0 Å². The molecule has 1 unspecified atom stereocenters. The minimum atomic E-state index is 0.442. The van der Waals surface area contributed by atoms with E-state index in [0.29, 0.717) is 11.8 Å². The van der Waals surface area contributed by atoms with Crippen molar-refractivity contribution in [2.45, 2.75) is 25.8 Å². The SMILES string of the molecule is CC(Cn1c(CCCl)nc2ccccc21)c1ccccc1. The fraction of sp³-hybridized carbons (Fsp3) is 0.278. The van der Waals surface area contributed by atoms with Crippen LogP contribution in [0.4, 0.5) is 0 Å². The minimum Gasteiger partial charge on any atom is -0.327 e. The first kappa shape index (κ1) is 14.2. The van der Waals surface area contributed by atoms with E-state index in [1.165, 1.54) is 11.1 Å². The van der Waals surface area contributed by atoms with Crippen molar-refractivity contribution < 1.29 is 0 Å². The monoisotopic (exact) mass is 298 g/mol. The smallest absolute Gasteiger partial charge is 0.111 e. The maximum atomic E-state index is 5.94. The number of benzene rings is 2. The maximum absolute atomic E-state index is 5.94. The van der Waals surface area contributed by atoms with Crippen molar-refractivity contribution in [3.8, 4) is 0 Å². The van der Waals surface area contributed by atoms with Gasteiger partial charge in [0.2, 0.25) is 0 Å². The number of rotatable bonds is 5. The molecule has 2 aromatic carbocycles. The largest absolute Gasteiger partial charge is 0.327 e. The number of hydrogen-bond acceptors (Lipinski definition) is 1. The zero-order valence-corrected chi connectivity index (χ0v) is 12.9. The Balaban J connectivity index is 1.97. The van der Waals surface area contributed by atoms with Crippen molar-refractivity contribution >= 4 is 22.6 Å². The van der Waals surface area contributed by atoms with Crippen molar-refractivity contribution in [1.82, 2.24) is 9.55 Å². The summed E-state index contributed by atoms with van der Waals surface area (Å²) in [6, 6.07) is 18.9. The number of hydrogen-bond donors (Lipinski definition) is 0. The Bertz CT molecular complexity index is 718. The Morgan fingerprint density at radius 2 is 1.76 bits per heavy atom. The number of halogens is 1. The van der Waals surface area contributed by atoms with Crippen molar-refractivity contribution in [3.63, 3.8) is 0 Å². The second-order valence-electron chi connectivity index (χ2n) is 5.38. The summed E-state index contributed by atoms with van der Waals surface area (Å²) in [5.74, 6) is 2.12. The van der Waals surface area contributed by atoms with Crippen molar-refractivity contribution in [1.29, 1.82) is 0 Å². The van der Waals surface area contributed by atoms with Crippen LogP contribution >= 0.6 is 11.6 Å². The Labute approximate surface area is 130 Å². The average molecular weight is 299 g/mol. The van der Waals surface area contributed by atoms with Crippen LogP contribution < -0.4 is 0 Å². The van der Waals surface area contributed by atoms with Gasteiger partial charge in [0.15, 0.2) is 0 Å². The first-order valence-corrected chi connectivity index (χ1v) is 7.88. The lowest BCUT2D eigenvalue weighted by Crippen LogP contribution is -2.10. The first-order chi connectivity index (χ1) is 10.3. The van der Waals surface area contributed by atoms with Crippen LogP contribution in [0.5, 0.6) is 0 Å². The molecule has 0 aliphatic heterocycles. The van der Waals surface area contributed by atoms with E-state index in [2.05, 4.69) is 60.0 Å². The third-order valence-corrected chi connectivity index (χ3v) is 4.07. The minimum absolute atomic E-state index is 0.442. The Morgan fingerprint density at radius 3 is 2.52 bits per heavy atom. The van der Waals surface area contributed by atoms with Crippen LogP contribution in [0.15, 0.2) is 54.6 Å². The molecule has 0 saturated heterocycles. The topological polar surface area (TPSA) is 17.8 Å². The van der Waals surface area contributed by atoms with Crippen molar-refractivity contribution in [2.24, 2.45) is 0 Å². The van der Waals surface area contributed by atoms with Crippen molar-refractivity contribution in [2.75, 3.05) is 5.88 Å².